The first kappa shape index (κ1) is 18.4. The number of piperazine rings is 1. The summed E-state index contributed by atoms with van der Waals surface area (Å²) in [5.41, 5.74) is 3.41. The van der Waals surface area contributed by atoms with Crippen molar-refractivity contribution in [1.29, 1.82) is 0 Å². The van der Waals surface area contributed by atoms with Crippen LogP contribution in [0.25, 0.3) is 0 Å². The molecule has 6 heteroatoms. The minimum absolute atomic E-state index is 0.0201. The van der Waals surface area contributed by atoms with Crippen molar-refractivity contribution in [1.82, 2.24) is 4.90 Å². The van der Waals surface area contributed by atoms with E-state index in [1.165, 1.54) is 23.3 Å². The highest BCUT2D eigenvalue weighted by molar-refractivity contribution is 9.10. The van der Waals surface area contributed by atoms with Crippen molar-refractivity contribution in [2.45, 2.75) is 25.5 Å². The number of carbonyl (C=O) groups excluding carboxylic acids is 1. The van der Waals surface area contributed by atoms with Crippen LogP contribution in [0, 0.1) is 5.82 Å². The summed E-state index contributed by atoms with van der Waals surface area (Å²) >= 11 is 3.55. The normalized spacial score (nSPS) is 22.5. The Morgan fingerprint density at radius 2 is 1.96 bits per heavy atom. The summed E-state index contributed by atoms with van der Waals surface area (Å²) in [6.45, 7) is 4.21. The van der Waals surface area contributed by atoms with E-state index in [0.717, 1.165) is 16.6 Å². The first-order valence-corrected chi connectivity index (χ1v) is 10.00. The average molecular weight is 433 g/mol. The Hall–Kier alpha value is -1.92. The van der Waals surface area contributed by atoms with Crippen molar-refractivity contribution in [3.05, 3.63) is 63.9 Å². The number of rotatable bonds is 2. The molecule has 0 saturated carbocycles. The molecular weight excluding hydrogens is 411 g/mol. The van der Waals surface area contributed by atoms with Gasteiger partial charge in [0.15, 0.2) is 0 Å². The van der Waals surface area contributed by atoms with Crippen molar-refractivity contribution >= 4 is 27.5 Å². The van der Waals surface area contributed by atoms with Gasteiger partial charge in [-0.15, -0.1) is 0 Å². The molecule has 2 aromatic carbocycles. The molecule has 27 heavy (non-hydrogen) atoms. The molecule has 2 atom stereocenters. The standard InChI is InChI=1S/C21H22BrFN2O2/c1-14(26)24-9-10-25(18-5-3-17(23)4-6-18)20(13-24)21-19-7-2-16(22)12-15(19)8-11-27-21/h2-7,12,20-21H,8-11,13H2,1H3. The van der Waals surface area contributed by atoms with E-state index in [9.17, 15) is 9.18 Å². The topological polar surface area (TPSA) is 32.8 Å². The summed E-state index contributed by atoms with van der Waals surface area (Å²) in [5.74, 6) is -0.174. The van der Waals surface area contributed by atoms with Gasteiger partial charge in [-0.05, 0) is 53.9 Å². The second-order valence-electron chi connectivity index (χ2n) is 7.09. The first-order chi connectivity index (χ1) is 13.0. The molecule has 0 bridgehead atoms. The Kier molecular flexibility index (Phi) is 5.19. The van der Waals surface area contributed by atoms with E-state index in [2.05, 4.69) is 33.0 Å². The summed E-state index contributed by atoms with van der Waals surface area (Å²) in [5, 5.41) is 0. The van der Waals surface area contributed by atoms with Crippen molar-refractivity contribution in [2.24, 2.45) is 0 Å². The third kappa shape index (κ3) is 3.73. The largest absolute Gasteiger partial charge is 0.371 e. The lowest BCUT2D eigenvalue weighted by molar-refractivity contribution is -0.130. The number of nitrogens with zero attached hydrogens (tertiary/aromatic N) is 2. The minimum Gasteiger partial charge on any atom is -0.371 e. The molecule has 2 aromatic rings. The highest BCUT2D eigenvalue weighted by atomic mass is 79.9. The molecule has 1 saturated heterocycles. The van der Waals surface area contributed by atoms with E-state index in [1.54, 1.807) is 19.1 Å². The first-order valence-electron chi connectivity index (χ1n) is 9.20. The van der Waals surface area contributed by atoms with E-state index in [0.29, 0.717) is 26.2 Å². The SMILES string of the molecule is CC(=O)N1CCN(c2ccc(F)cc2)C(C2OCCc3cc(Br)ccc32)C1. The maximum Gasteiger partial charge on any atom is 0.219 e. The molecule has 1 fully saturated rings. The number of halogens is 2. The van der Waals surface area contributed by atoms with Gasteiger partial charge in [-0.2, -0.15) is 0 Å². The van der Waals surface area contributed by atoms with Gasteiger partial charge >= 0.3 is 0 Å². The van der Waals surface area contributed by atoms with Crippen molar-refractivity contribution in [2.75, 3.05) is 31.1 Å². The number of hydrogen-bond acceptors (Lipinski definition) is 3. The van der Waals surface area contributed by atoms with Crippen molar-refractivity contribution < 1.29 is 13.9 Å². The van der Waals surface area contributed by atoms with E-state index in [4.69, 9.17) is 4.74 Å². The van der Waals surface area contributed by atoms with E-state index in [1.807, 2.05) is 11.0 Å². The van der Waals surface area contributed by atoms with Crippen LogP contribution in [-0.4, -0.2) is 43.1 Å². The molecule has 0 aromatic heterocycles. The molecule has 2 heterocycles. The van der Waals surface area contributed by atoms with E-state index >= 15 is 0 Å². The molecule has 0 radical (unpaired) electrons. The van der Waals surface area contributed by atoms with Crippen LogP contribution in [0.4, 0.5) is 10.1 Å². The molecule has 4 nitrogen and oxygen atoms in total. The fraction of sp³-hybridized carbons (Fsp3) is 0.381. The van der Waals surface area contributed by atoms with Crippen LogP contribution >= 0.6 is 15.9 Å². The van der Waals surface area contributed by atoms with Gasteiger partial charge < -0.3 is 14.5 Å². The zero-order valence-electron chi connectivity index (χ0n) is 15.2. The molecule has 2 aliphatic rings. The predicted molar refractivity (Wildman–Crippen MR) is 106 cm³/mol. The number of anilines is 1. The molecular formula is C21H22BrFN2O2. The number of amides is 1. The van der Waals surface area contributed by atoms with Crippen LogP contribution in [0.1, 0.15) is 24.2 Å². The predicted octanol–water partition coefficient (Wildman–Crippen LogP) is 3.94. The maximum absolute atomic E-state index is 13.4. The van der Waals surface area contributed by atoms with Crippen LogP contribution < -0.4 is 4.90 Å². The molecule has 2 unspecified atom stereocenters. The summed E-state index contributed by atoms with van der Waals surface area (Å²) in [6, 6.07) is 12.8. The zero-order valence-corrected chi connectivity index (χ0v) is 16.8. The molecule has 0 N–H and O–H groups in total. The smallest absolute Gasteiger partial charge is 0.219 e. The summed E-state index contributed by atoms with van der Waals surface area (Å²) in [6.07, 6.45) is 0.749. The Bertz CT molecular complexity index is 843. The molecule has 0 spiro atoms. The maximum atomic E-state index is 13.4. The van der Waals surface area contributed by atoms with Gasteiger partial charge in [0.1, 0.15) is 11.9 Å². The van der Waals surface area contributed by atoms with Gasteiger partial charge in [0.2, 0.25) is 5.91 Å². The van der Waals surface area contributed by atoms with Crippen molar-refractivity contribution in [3.8, 4) is 0 Å². The van der Waals surface area contributed by atoms with Crippen LogP contribution in [0.15, 0.2) is 46.9 Å². The minimum atomic E-state index is -0.248. The Morgan fingerprint density at radius 3 is 2.70 bits per heavy atom. The second kappa shape index (κ2) is 7.60. The fourth-order valence-electron chi connectivity index (χ4n) is 4.08. The Morgan fingerprint density at radius 1 is 1.19 bits per heavy atom. The van der Waals surface area contributed by atoms with Gasteiger partial charge in [0, 0.05) is 36.7 Å². The van der Waals surface area contributed by atoms with Crippen LogP contribution in [0.2, 0.25) is 0 Å². The number of carbonyl (C=O) groups is 1. The lowest BCUT2D eigenvalue weighted by Crippen LogP contribution is -2.57. The van der Waals surface area contributed by atoms with Gasteiger partial charge in [-0.25, -0.2) is 4.39 Å². The van der Waals surface area contributed by atoms with Crippen LogP contribution in [0.5, 0.6) is 0 Å². The van der Waals surface area contributed by atoms with Gasteiger partial charge in [-0.1, -0.05) is 22.0 Å². The van der Waals surface area contributed by atoms with Gasteiger partial charge in [0.05, 0.1) is 12.6 Å². The van der Waals surface area contributed by atoms with Gasteiger partial charge in [-0.3, -0.25) is 4.79 Å². The van der Waals surface area contributed by atoms with Crippen LogP contribution in [-0.2, 0) is 16.0 Å². The highest BCUT2D eigenvalue weighted by Crippen LogP contribution is 2.36. The molecule has 0 aliphatic carbocycles. The number of benzene rings is 2. The average Bonchev–Trinajstić information content (AvgIpc) is 2.67. The van der Waals surface area contributed by atoms with E-state index < -0.39 is 0 Å². The molecule has 142 valence electrons. The van der Waals surface area contributed by atoms with E-state index in [-0.39, 0.29) is 23.9 Å². The monoisotopic (exact) mass is 432 g/mol. The number of hydrogen-bond donors (Lipinski definition) is 0. The lowest BCUT2D eigenvalue weighted by atomic mass is 9.91. The fourth-order valence-corrected chi connectivity index (χ4v) is 4.49. The van der Waals surface area contributed by atoms with Crippen LogP contribution in [0.3, 0.4) is 0 Å². The molecule has 4 rings (SSSR count). The summed E-state index contributed by atoms with van der Waals surface area (Å²) in [4.78, 5) is 16.1. The second-order valence-corrected chi connectivity index (χ2v) is 8.00. The van der Waals surface area contributed by atoms with Gasteiger partial charge in [0.25, 0.3) is 0 Å². The molecule has 2 aliphatic heterocycles. The Balaban J connectivity index is 1.71. The Labute approximate surface area is 167 Å². The molecule has 1 amide bonds. The summed E-state index contributed by atoms with van der Waals surface area (Å²) < 4.78 is 20.7. The zero-order chi connectivity index (χ0) is 19.0. The third-order valence-electron chi connectivity index (χ3n) is 5.45. The quantitative estimate of drug-likeness (QED) is 0.720. The van der Waals surface area contributed by atoms with Crippen molar-refractivity contribution in [3.63, 3.8) is 0 Å². The third-order valence-corrected chi connectivity index (χ3v) is 5.95. The number of fused-ring (bicyclic) bond motifs is 1. The highest BCUT2D eigenvalue weighted by Gasteiger charge is 2.38. The summed E-state index contributed by atoms with van der Waals surface area (Å²) in [7, 11) is 0. The number of ether oxygens (including phenoxy) is 1. The lowest BCUT2D eigenvalue weighted by Gasteiger charge is -2.46.